The van der Waals surface area contributed by atoms with Crippen LogP contribution in [0.5, 0.6) is 0 Å². The van der Waals surface area contributed by atoms with Gasteiger partial charge in [0.25, 0.3) is 5.91 Å². The van der Waals surface area contributed by atoms with E-state index in [2.05, 4.69) is 55.3 Å². The molecule has 1 fully saturated rings. The van der Waals surface area contributed by atoms with Gasteiger partial charge in [-0.25, -0.2) is 0 Å². The second kappa shape index (κ2) is 6.15. The van der Waals surface area contributed by atoms with Crippen LogP contribution in [-0.4, -0.2) is 17.4 Å². The van der Waals surface area contributed by atoms with Crippen molar-refractivity contribution in [3.05, 3.63) is 54.2 Å². The number of carbonyl (C=O) groups excluding carboxylic acids is 1. The third-order valence-corrected chi connectivity index (χ3v) is 5.66. The molecule has 0 bridgehead atoms. The first kappa shape index (κ1) is 14.5. The molecule has 0 aliphatic carbocycles. The van der Waals surface area contributed by atoms with Crippen LogP contribution in [0.4, 0.5) is 0 Å². The molecule has 1 aliphatic rings. The molecule has 1 aromatic carbocycles. The standard InChI is InChI=1S/C15H13BrINOS/c16-13-4-3-11(17)8-12(13)15(19)18-6-1-2-14(18)10-5-7-20-9-10/h3-5,7-9,14H,1-2,6H2. The summed E-state index contributed by atoms with van der Waals surface area (Å²) in [5.41, 5.74) is 2.03. The van der Waals surface area contributed by atoms with E-state index in [1.807, 2.05) is 23.1 Å². The van der Waals surface area contributed by atoms with Crippen LogP contribution in [0.15, 0.2) is 39.5 Å². The molecule has 2 nitrogen and oxygen atoms in total. The van der Waals surface area contributed by atoms with Gasteiger partial charge in [0.2, 0.25) is 0 Å². The predicted molar refractivity (Wildman–Crippen MR) is 94.2 cm³/mol. The average molecular weight is 462 g/mol. The molecule has 2 heterocycles. The summed E-state index contributed by atoms with van der Waals surface area (Å²) < 4.78 is 1.96. The third kappa shape index (κ3) is 2.80. The summed E-state index contributed by atoms with van der Waals surface area (Å²) in [4.78, 5) is 14.8. The summed E-state index contributed by atoms with van der Waals surface area (Å²) in [5.74, 6) is 0.129. The molecular formula is C15H13BrINOS. The number of hydrogen-bond acceptors (Lipinski definition) is 2. The van der Waals surface area contributed by atoms with E-state index in [1.54, 1.807) is 11.3 Å². The van der Waals surface area contributed by atoms with Gasteiger partial charge in [0.05, 0.1) is 11.6 Å². The molecule has 1 atom stereocenters. The number of hydrogen-bond donors (Lipinski definition) is 0. The number of rotatable bonds is 2. The predicted octanol–water partition coefficient (Wildman–Crippen LogP) is 5.09. The molecule has 1 aromatic heterocycles. The highest BCUT2D eigenvalue weighted by Gasteiger charge is 2.31. The van der Waals surface area contributed by atoms with Gasteiger partial charge in [-0.1, -0.05) is 0 Å². The van der Waals surface area contributed by atoms with Gasteiger partial charge >= 0.3 is 0 Å². The number of nitrogens with zero attached hydrogens (tertiary/aromatic N) is 1. The lowest BCUT2D eigenvalue weighted by atomic mass is 10.1. The van der Waals surface area contributed by atoms with Gasteiger partial charge in [0.1, 0.15) is 0 Å². The number of halogens is 2. The first-order valence-corrected chi connectivity index (χ1v) is 9.26. The molecule has 1 aliphatic heterocycles. The van der Waals surface area contributed by atoms with E-state index in [1.165, 1.54) is 5.56 Å². The fourth-order valence-electron chi connectivity index (χ4n) is 2.64. The first-order valence-electron chi connectivity index (χ1n) is 6.45. The SMILES string of the molecule is O=C(c1cc(I)ccc1Br)N1CCCC1c1ccsc1. The van der Waals surface area contributed by atoms with Crippen molar-refractivity contribution in [1.29, 1.82) is 0 Å². The smallest absolute Gasteiger partial charge is 0.255 e. The molecule has 20 heavy (non-hydrogen) atoms. The van der Waals surface area contributed by atoms with Crippen molar-refractivity contribution in [3.63, 3.8) is 0 Å². The molecule has 0 saturated carbocycles. The van der Waals surface area contributed by atoms with Gasteiger partial charge in [-0.3, -0.25) is 4.79 Å². The van der Waals surface area contributed by atoms with Gasteiger partial charge in [0.15, 0.2) is 0 Å². The molecule has 0 radical (unpaired) electrons. The normalized spacial score (nSPS) is 18.5. The molecule has 1 unspecified atom stereocenters. The Kier molecular flexibility index (Phi) is 4.47. The zero-order valence-corrected chi connectivity index (χ0v) is 15.2. The number of amides is 1. The summed E-state index contributed by atoms with van der Waals surface area (Å²) in [6.07, 6.45) is 2.14. The second-order valence-electron chi connectivity index (χ2n) is 4.84. The summed E-state index contributed by atoms with van der Waals surface area (Å²) in [5, 5.41) is 4.23. The molecule has 0 spiro atoms. The van der Waals surface area contributed by atoms with Gasteiger partial charge in [-0.05, 0) is 92.0 Å². The van der Waals surface area contributed by atoms with E-state index in [0.29, 0.717) is 0 Å². The Hall–Kier alpha value is -0.400. The Labute approximate surface area is 144 Å². The van der Waals surface area contributed by atoms with E-state index in [-0.39, 0.29) is 11.9 Å². The van der Waals surface area contributed by atoms with Crippen molar-refractivity contribution in [2.75, 3.05) is 6.54 Å². The van der Waals surface area contributed by atoms with E-state index < -0.39 is 0 Å². The summed E-state index contributed by atoms with van der Waals surface area (Å²) >= 11 is 7.44. The Morgan fingerprint density at radius 1 is 1.40 bits per heavy atom. The maximum Gasteiger partial charge on any atom is 0.255 e. The molecule has 3 rings (SSSR count). The lowest BCUT2D eigenvalue weighted by Gasteiger charge is -2.25. The largest absolute Gasteiger partial charge is 0.332 e. The minimum atomic E-state index is 0.129. The van der Waals surface area contributed by atoms with Crippen molar-refractivity contribution >= 4 is 55.8 Å². The summed E-state index contributed by atoms with van der Waals surface area (Å²) in [6.45, 7) is 0.845. The van der Waals surface area contributed by atoms with Gasteiger partial charge < -0.3 is 4.90 Å². The molecule has 104 valence electrons. The van der Waals surface area contributed by atoms with Gasteiger partial charge in [-0.15, -0.1) is 0 Å². The van der Waals surface area contributed by atoms with E-state index in [4.69, 9.17) is 0 Å². The summed E-state index contributed by atoms with van der Waals surface area (Å²) in [6, 6.07) is 8.27. The monoisotopic (exact) mass is 461 g/mol. The fraction of sp³-hybridized carbons (Fsp3) is 0.267. The van der Waals surface area contributed by atoms with Crippen molar-refractivity contribution in [1.82, 2.24) is 4.90 Å². The number of benzene rings is 1. The zero-order valence-electron chi connectivity index (χ0n) is 10.7. The number of likely N-dealkylation sites (tertiary alicyclic amines) is 1. The minimum Gasteiger partial charge on any atom is -0.332 e. The maximum atomic E-state index is 12.8. The Morgan fingerprint density at radius 2 is 2.25 bits per heavy atom. The molecule has 1 saturated heterocycles. The highest BCUT2D eigenvalue weighted by molar-refractivity contribution is 14.1. The van der Waals surface area contributed by atoms with E-state index >= 15 is 0 Å². The zero-order chi connectivity index (χ0) is 14.1. The quantitative estimate of drug-likeness (QED) is 0.570. The lowest BCUT2D eigenvalue weighted by molar-refractivity contribution is 0.0735. The highest BCUT2D eigenvalue weighted by atomic mass is 127. The van der Waals surface area contributed by atoms with Crippen molar-refractivity contribution in [2.45, 2.75) is 18.9 Å². The molecule has 2 aromatic rings. The molecular weight excluding hydrogens is 449 g/mol. The van der Waals surface area contributed by atoms with Crippen LogP contribution in [0.2, 0.25) is 0 Å². The van der Waals surface area contributed by atoms with Crippen LogP contribution in [0.25, 0.3) is 0 Å². The third-order valence-electron chi connectivity index (χ3n) is 3.60. The number of thiophene rings is 1. The van der Waals surface area contributed by atoms with Crippen molar-refractivity contribution in [2.24, 2.45) is 0 Å². The minimum absolute atomic E-state index is 0.129. The lowest BCUT2D eigenvalue weighted by Crippen LogP contribution is -2.30. The van der Waals surface area contributed by atoms with Gasteiger partial charge in [-0.2, -0.15) is 11.3 Å². The fourth-order valence-corrected chi connectivity index (χ4v) is 4.25. The van der Waals surface area contributed by atoms with E-state index in [0.717, 1.165) is 33.0 Å². The first-order chi connectivity index (χ1) is 9.66. The Morgan fingerprint density at radius 3 is 3.00 bits per heavy atom. The topological polar surface area (TPSA) is 20.3 Å². The highest BCUT2D eigenvalue weighted by Crippen LogP contribution is 2.35. The van der Waals surface area contributed by atoms with Crippen molar-refractivity contribution < 1.29 is 4.79 Å². The van der Waals surface area contributed by atoms with Crippen LogP contribution in [-0.2, 0) is 0 Å². The van der Waals surface area contributed by atoms with E-state index in [9.17, 15) is 4.79 Å². The van der Waals surface area contributed by atoms with Crippen LogP contribution in [0.3, 0.4) is 0 Å². The van der Waals surface area contributed by atoms with Crippen LogP contribution in [0.1, 0.15) is 34.8 Å². The molecule has 0 N–H and O–H groups in total. The van der Waals surface area contributed by atoms with Gasteiger partial charge in [0, 0.05) is 14.6 Å². The Bertz CT molecular complexity index is 629. The molecule has 1 amide bonds. The van der Waals surface area contributed by atoms with Crippen LogP contribution < -0.4 is 0 Å². The average Bonchev–Trinajstić information content (AvgIpc) is 3.10. The van der Waals surface area contributed by atoms with Crippen molar-refractivity contribution in [3.8, 4) is 0 Å². The second-order valence-corrected chi connectivity index (χ2v) is 7.72. The van der Waals surface area contributed by atoms with Crippen LogP contribution >= 0.6 is 49.9 Å². The van der Waals surface area contributed by atoms with Crippen LogP contribution in [0, 0.1) is 3.57 Å². The maximum absolute atomic E-state index is 12.8. The Balaban J connectivity index is 1.91. The summed E-state index contributed by atoms with van der Waals surface area (Å²) in [7, 11) is 0. The molecule has 5 heteroatoms. The number of carbonyl (C=O) groups is 1.